The number of fused-ring (bicyclic) bond motifs is 2. The van der Waals surface area contributed by atoms with E-state index >= 15 is 0 Å². The molecule has 6 nitrogen and oxygen atoms in total. The molecule has 0 radical (unpaired) electrons. The average molecular weight is 395 g/mol. The van der Waals surface area contributed by atoms with Crippen LogP contribution in [0.3, 0.4) is 0 Å². The van der Waals surface area contributed by atoms with Gasteiger partial charge in [0, 0.05) is 30.3 Å². The van der Waals surface area contributed by atoms with Gasteiger partial charge in [-0.3, -0.25) is 4.79 Å². The Balaban J connectivity index is 2.06. The topological polar surface area (TPSA) is 85.4 Å². The molecule has 28 heavy (non-hydrogen) atoms. The van der Waals surface area contributed by atoms with Crippen LogP contribution in [0.1, 0.15) is 67.7 Å². The number of hydrogen-bond acceptors (Lipinski definition) is 6. The lowest BCUT2D eigenvalue weighted by Crippen LogP contribution is -2.54. The van der Waals surface area contributed by atoms with Crippen molar-refractivity contribution in [3.8, 4) is 0 Å². The molecule has 2 saturated carbocycles. The number of epoxide rings is 1. The van der Waals surface area contributed by atoms with E-state index in [0.29, 0.717) is 24.8 Å². The summed E-state index contributed by atoms with van der Waals surface area (Å²) in [7, 11) is 0. The van der Waals surface area contributed by atoms with Crippen molar-refractivity contribution >= 4 is 11.9 Å². The first-order valence-electron chi connectivity index (χ1n) is 10.3. The Morgan fingerprint density at radius 1 is 1.18 bits per heavy atom. The molecule has 7 atom stereocenters. The molecule has 3 fully saturated rings. The second kappa shape index (κ2) is 6.84. The molecule has 158 valence electrons. The van der Waals surface area contributed by atoms with Crippen LogP contribution in [0.5, 0.6) is 0 Å². The van der Waals surface area contributed by atoms with Crippen molar-refractivity contribution in [1.82, 2.24) is 0 Å². The van der Waals surface area contributed by atoms with Gasteiger partial charge < -0.3 is 19.3 Å². The maximum Gasteiger partial charge on any atom is 0.333 e. The molecule has 3 aliphatic rings. The van der Waals surface area contributed by atoms with E-state index in [0.717, 1.165) is 0 Å². The van der Waals surface area contributed by atoms with Crippen LogP contribution < -0.4 is 0 Å². The first-order valence-corrected chi connectivity index (χ1v) is 10.3. The third kappa shape index (κ3) is 3.18. The predicted octanol–water partition coefficient (Wildman–Crippen LogP) is 3.16. The molecule has 0 spiro atoms. The van der Waals surface area contributed by atoms with Gasteiger partial charge in [-0.15, -0.1) is 0 Å². The zero-order valence-electron chi connectivity index (χ0n) is 18.1. The van der Waals surface area contributed by atoms with Crippen molar-refractivity contribution in [2.75, 3.05) is 0 Å². The van der Waals surface area contributed by atoms with Crippen LogP contribution in [0.2, 0.25) is 0 Å². The van der Waals surface area contributed by atoms with Crippen molar-refractivity contribution in [3.05, 3.63) is 11.6 Å². The van der Waals surface area contributed by atoms with Crippen LogP contribution in [0, 0.1) is 17.3 Å². The summed E-state index contributed by atoms with van der Waals surface area (Å²) in [4.78, 5) is 24.5. The van der Waals surface area contributed by atoms with Crippen LogP contribution in [-0.4, -0.2) is 46.6 Å². The van der Waals surface area contributed by atoms with Crippen molar-refractivity contribution in [2.24, 2.45) is 17.3 Å². The molecule has 0 aromatic rings. The number of aliphatic hydroxyl groups is 1. The van der Waals surface area contributed by atoms with Crippen LogP contribution in [-0.2, 0) is 23.8 Å². The highest BCUT2D eigenvalue weighted by Crippen LogP contribution is 2.64. The fourth-order valence-electron chi connectivity index (χ4n) is 5.58. The Kier molecular flexibility index (Phi) is 5.20. The molecular weight excluding hydrogens is 360 g/mol. The molecule has 1 N–H and O–H groups in total. The van der Waals surface area contributed by atoms with E-state index < -0.39 is 28.8 Å². The molecule has 1 heterocycles. The summed E-state index contributed by atoms with van der Waals surface area (Å²) in [6, 6.07) is 0. The van der Waals surface area contributed by atoms with E-state index in [2.05, 4.69) is 0 Å². The van der Waals surface area contributed by atoms with Gasteiger partial charge in [-0.2, -0.15) is 0 Å². The van der Waals surface area contributed by atoms with Gasteiger partial charge in [0.1, 0.15) is 18.3 Å². The second-order valence-electron chi connectivity index (χ2n) is 9.63. The smallest absolute Gasteiger partial charge is 0.333 e. The maximum atomic E-state index is 12.6. The summed E-state index contributed by atoms with van der Waals surface area (Å²) in [5.41, 5.74) is -1.54. The highest BCUT2D eigenvalue weighted by molar-refractivity contribution is 5.87. The van der Waals surface area contributed by atoms with Gasteiger partial charge in [0.05, 0.1) is 11.2 Å². The molecule has 3 rings (SSSR count). The number of ether oxygens (including phenoxy) is 3. The minimum atomic E-state index is -0.998. The first kappa shape index (κ1) is 21.3. The maximum absolute atomic E-state index is 12.6. The van der Waals surface area contributed by atoms with Gasteiger partial charge in [-0.25, -0.2) is 4.79 Å². The van der Waals surface area contributed by atoms with Gasteiger partial charge >= 0.3 is 11.9 Å². The van der Waals surface area contributed by atoms with Crippen LogP contribution >= 0.6 is 0 Å². The number of hydrogen-bond donors (Lipinski definition) is 1. The lowest BCUT2D eigenvalue weighted by Gasteiger charge is -2.45. The fraction of sp³-hybridized carbons (Fsp3) is 0.818. The number of esters is 2. The summed E-state index contributed by atoms with van der Waals surface area (Å²) in [5, 5.41) is 11.6. The number of carbonyl (C=O) groups excluding carboxylic acids is 2. The van der Waals surface area contributed by atoms with Crippen molar-refractivity contribution in [2.45, 2.75) is 97.2 Å². The quantitative estimate of drug-likeness (QED) is 0.448. The second-order valence-corrected chi connectivity index (χ2v) is 9.63. The molecule has 0 aromatic heterocycles. The molecule has 7 unspecified atom stereocenters. The Bertz CT molecular complexity index is 699. The van der Waals surface area contributed by atoms with Gasteiger partial charge in [-0.1, -0.05) is 26.8 Å². The minimum absolute atomic E-state index is 0.0193. The van der Waals surface area contributed by atoms with Gasteiger partial charge in [0.25, 0.3) is 0 Å². The summed E-state index contributed by atoms with van der Waals surface area (Å²) in [5.74, 6) is -1.09. The molecule has 0 amide bonds. The van der Waals surface area contributed by atoms with E-state index in [4.69, 9.17) is 14.2 Å². The minimum Gasteiger partial charge on any atom is -0.462 e. The third-order valence-electron chi connectivity index (χ3n) is 7.46. The van der Waals surface area contributed by atoms with Crippen LogP contribution in [0.15, 0.2) is 11.6 Å². The summed E-state index contributed by atoms with van der Waals surface area (Å²) >= 11 is 0. The summed E-state index contributed by atoms with van der Waals surface area (Å²) in [6.07, 6.45) is 2.22. The predicted molar refractivity (Wildman–Crippen MR) is 103 cm³/mol. The van der Waals surface area contributed by atoms with E-state index in [9.17, 15) is 14.7 Å². The van der Waals surface area contributed by atoms with E-state index in [1.807, 2.05) is 27.7 Å². The molecule has 0 aromatic carbocycles. The molecule has 6 heteroatoms. The summed E-state index contributed by atoms with van der Waals surface area (Å²) in [6.45, 7) is 12.9. The van der Waals surface area contributed by atoms with Crippen molar-refractivity contribution in [3.63, 3.8) is 0 Å². The zero-order chi connectivity index (χ0) is 21.1. The van der Waals surface area contributed by atoms with E-state index in [1.54, 1.807) is 19.9 Å². The van der Waals surface area contributed by atoms with Crippen molar-refractivity contribution in [1.29, 1.82) is 0 Å². The third-order valence-corrected chi connectivity index (χ3v) is 7.46. The molecule has 2 aliphatic carbocycles. The zero-order valence-corrected chi connectivity index (χ0v) is 18.1. The molecule has 1 saturated heterocycles. The van der Waals surface area contributed by atoms with Gasteiger partial charge in [0.2, 0.25) is 0 Å². The Hall–Kier alpha value is -1.40. The summed E-state index contributed by atoms with van der Waals surface area (Å²) < 4.78 is 17.8. The molecular formula is C22H34O6. The van der Waals surface area contributed by atoms with Gasteiger partial charge in [0.15, 0.2) is 0 Å². The fourth-order valence-corrected chi connectivity index (χ4v) is 5.58. The Morgan fingerprint density at radius 2 is 1.82 bits per heavy atom. The average Bonchev–Trinajstić information content (AvgIpc) is 3.17. The van der Waals surface area contributed by atoms with Crippen LogP contribution in [0.25, 0.3) is 0 Å². The number of carbonyl (C=O) groups is 2. The Morgan fingerprint density at radius 3 is 2.36 bits per heavy atom. The monoisotopic (exact) mass is 394 g/mol. The number of rotatable bonds is 4. The van der Waals surface area contributed by atoms with Gasteiger partial charge in [-0.05, 0) is 39.5 Å². The standard InChI is InChI=1S/C22H34O6/c1-8-13(4)19(24)27-17-18-21(7,28-18)11-15(26-14(5)23)16-20(17,6)9-10-22(16,25)12(2)3/h8,12,15-18,25H,9-11H2,1-7H3. The van der Waals surface area contributed by atoms with Crippen molar-refractivity contribution < 1.29 is 28.9 Å². The lowest BCUT2D eigenvalue weighted by molar-refractivity contribution is -0.181. The lowest BCUT2D eigenvalue weighted by atomic mass is 9.66. The highest BCUT2D eigenvalue weighted by atomic mass is 16.6. The SMILES string of the molecule is CC=C(C)C(=O)OC1C2OC2(C)CC(OC(C)=O)C2C1(C)CCC2(O)C(C)C. The molecule has 0 bridgehead atoms. The largest absolute Gasteiger partial charge is 0.462 e. The Labute approximate surface area is 167 Å². The highest BCUT2D eigenvalue weighted by Gasteiger charge is 2.73. The normalized spacial score (nSPS) is 45.1. The number of allylic oxidation sites excluding steroid dienone is 1. The molecule has 1 aliphatic heterocycles. The first-order chi connectivity index (χ1) is 12.9. The van der Waals surface area contributed by atoms with E-state index in [1.165, 1.54) is 6.92 Å². The van der Waals surface area contributed by atoms with E-state index in [-0.39, 0.29) is 29.9 Å². The van der Waals surface area contributed by atoms with Crippen LogP contribution in [0.4, 0.5) is 0 Å².